The molecule has 1 aliphatic heterocycles. The van der Waals surface area contributed by atoms with Crippen molar-refractivity contribution in [2.45, 2.75) is 39.3 Å². The quantitative estimate of drug-likeness (QED) is 0.648. The number of rotatable bonds is 8. The van der Waals surface area contributed by atoms with Crippen molar-refractivity contribution in [3.8, 4) is 0 Å². The highest BCUT2D eigenvalue weighted by Crippen LogP contribution is 2.18. The number of piperidine rings is 1. The summed E-state index contributed by atoms with van der Waals surface area (Å²) in [6.45, 7) is 7.52. The zero-order valence-electron chi connectivity index (χ0n) is 15.9. The molecular formula is C20H32N4O2. The Morgan fingerprint density at radius 1 is 1.15 bits per heavy atom. The summed E-state index contributed by atoms with van der Waals surface area (Å²) in [4.78, 5) is 26.1. The van der Waals surface area contributed by atoms with Gasteiger partial charge in [-0.05, 0) is 43.3 Å². The van der Waals surface area contributed by atoms with Gasteiger partial charge in [0.25, 0.3) is 0 Å². The molecule has 0 aliphatic carbocycles. The van der Waals surface area contributed by atoms with E-state index in [0.29, 0.717) is 12.5 Å². The highest BCUT2D eigenvalue weighted by molar-refractivity contribution is 5.87. The molecule has 0 spiro atoms. The van der Waals surface area contributed by atoms with Crippen LogP contribution >= 0.6 is 0 Å². The molecule has 26 heavy (non-hydrogen) atoms. The van der Waals surface area contributed by atoms with Gasteiger partial charge in [0.2, 0.25) is 11.8 Å². The van der Waals surface area contributed by atoms with Crippen LogP contribution in [0.15, 0.2) is 30.3 Å². The Bertz CT molecular complexity index is 568. The highest BCUT2D eigenvalue weighted by atomic mass is 16.2. The van der Waals surface area contributed by atoms with Crippen molar-refractivity contribution < 1.29 is 9.59 Å². The lowest BCUT2D eigenvalue weighted by Gasteiger charge is -2.32. The fraction of sp³-hybridized carbons (Fsp3) is 0.600. The van der Waals surface area contributed by atoms with Gasteiger partial charge in [0.05, 0.1) is 12.6 Å². The summed E-state index contributed by atoms with van der Waals surface area (Å²) in [6, 6.07) is 9.93. The van der Waals surface area contributed by atoms with E-state index in [0.717, 1.165) is 32.5 Å². The van der Waals surface area contributed by atoms with Crippen molar-refractivity contribution in [2.24, 2.45) is 17.6 Å². The van der Waals surface area contributed by atoms with E-state index in [4.69, 9.17) is 5.73 Å². The third-order valence-electron chi connectivity index (χ3n) is 4.99. The first-order chi connectivity index (χ1) is 12.5. The number of nitrogens with two attached hydrogens (primary N) is 1. The molecule has 2 rings (SSSR count). The van der Waals surface area contributed by atoms with E-state index >= 15 is 0 Å². The van der Waals surface area contributed by atoms with E-state index in [1.807, 2.05) is 19.9 Å². The molecule has 0 saturated carbocycles. The smallest absolute Gasteiger partial charge is 0.239 e. The van der Waals surface area contributed by atoms with E-state index in [1.165, 1.54) is 5.56 Å². The molecule has 6 heteroatoms. The van der Waals surface area contributed by atoms with Crippen LogP contribution in [0.3, 0.4) is 0 Å². The number of benzene rings is 1. The normalized spacial score (nSPS) is 17.1. The highest BCUT2D eigenvalue weighted by Gasteiger charge is 2.20. The topological polar surface area (TPSA) is 87.5 Å². The van der Waals surface area contributed by atoms with Gasteiger partial charge in [-0.3, -0.25) is 14.5 Å². The van der Waals surface area contributed by atoms with Crippen LogP contribution in [-0.4, -0.2) is 48.9 Å². The van der Waals surface area contributed by atoms with Gasteiger partial charge in [0, 0.05) is 13.1 Å². The molecule has 0 aromatic heterocycles. The first kappa shape index (κ1) is 20.4. The molecule has 6 nitrogen and oxygen atoms in total. The van der Waals surface area contributed by atoms with Crippen LogP contribution in [0.2, 0.25) is 0 Å². The Kier molecular flexibility index (Phi) is 8.06. The van der Waals surface area contributed by atoms with Crippen LogP contribution < -0.4 is 16.4 Å². The molecule has 0 bridgehead atoms. The third kappa shape index (κ3) is 6.77. The number of amides is 2. The van der Waals surface area contributed by atoms with Crippen LogP contribution in [0.1, 0.15) is 32.3 Å². The Morgan fingerprint density at radius 3 is 2.42 bits per heavy atom. The number of nitrogens with one attached hydrogen (secondary N) is 2. The maximum Gasteiger partial charge on any atom is 0.239 e. The number of hydrogen-bond donors (Lipinski definition) is 3. The van der Waals surface area contributed by atoms with Crippen molar-refractivity contribution in [2.75, 3.05) is 26.2 Å². The molecule has 1 saturated heterocycles. The van der Waals surface area contributed by atoms with Crippen LogP contribution in [-0.2, 0) is 16.1 Å². The van der Waals surface area contributed by atoms with Crippen LogP contribution in [0.4, 0.5) is 0 Å². The van der Waals surface area contributed by atoms with Crippen LogP contribution in [0.5, 0.6) is 0 Å². The SMILES string of the molecule is CC(C)[C@H](N)C(=O)NCC(=O)NCC1CCN(Cc2ccccc2)CC1. The number of carbonyl (C=O) groups excluding carboxylic acids is 2. The van der Waals surface area contributed by atoms with Crippen molar-refractivity contribution in [3.63, 3.8) is 0 Å². The minimum Gasteiger partial charge on any atom is -0.354 e. The molecule has 0 radical (unpaired) electrons. The van der Waals surface area contributed by atoms with Gasteiger partial charge >= 0.3 is 0 Å². The number of carbonyl (C=O) groups is 2. The molecule has 0 unspecified atom stereocenters. The van der Waals surface area contributed by atoms with Gasteiger partial charge in [-0.15, -0.1) is 0 Å². The van der Waals surface area contributed by atoms with E-state index in [2.05, 4.69) is 39.8 Å². The zero-order chi connectivity index (χ0) is 18.9. The van der Waals surface area contributed by atoms with Crippen molar-refractivity contribution in [1.29, 1.82) is 0 Å². The van der Waals surface area contributed by atoms with Gasteiger partial charge in [0.1, 0.15) is 0 Å². The maximum absolute atomic E-state index is 11.9. The average Bonchev–Trinajstić information content (AvgIpc) is 2.65. The predicted molar refractivity (Wildman–Crippen MR) is 103 cm³/mol. The average molecular weight is 361 g/mol. The standard InChI is InChI=1S/C20H32N4O2/c1-15(2)19(21)20(26)23-13-18(25)22-12-16-8-10-24(11-9-16)14-17-6-4-3-5-7-17/h3-7,15-16,19H,8-14,21H2,1-2H3,(H,22,25)(H,23,26)/t19-/m0/s1. The van der Waals surface area contributed by atoms with Gasteiger partial charge in [-0.1, -0.05) is 44.2 Å². The number of likely N-dealkylation sites (tertiary alicyclic amines) is 1. The second kappa shape index (κ2) is 10.3. The molecule has 1 aromatic rings. The molecule has 2 amide bonds. The van der Waals surface area contributed by atoms with Crippen LogP contribution in [0, 0.1) is 11.8 Å². The summed E-state index contributed by atoms with van der Waals surface area (Å²) in [7, 11) is 0. The van der Waals surface area contributed by atoms with E-state index in [9.17, 15) is 9.59 Å². The van der Waals surface area contributed by atoms with Crippen LogP contribution in [0.25, 0.3) is 0 Å². The fourth-order valence-corrected chi connectivity index (χ4v) is 3.10. The summed E-state index contributed by atoms with van der Waals surface area (Å²) in [5.41, 5.74) is 7.10. The molecule has 1 fully saturated rings. The van der Waals surface area contributed by atoms with Crippen molar-refractivity contribution in [3.05, 3.63) is 35.9 Å². The minimum atomic E-state index is -0.572. The van der Waals surface area contributed by atoms with E-state index in [-0.39, 0.29) is 24.3 Å². The Labute approximate surface area is 156 Å². The molecule has 1 aliphatic rings. The van der Waals surface area contributed by atoms with Gasteiger partial charge < -0.3 is 16.4 Å². The first-order valence-electron chi connectivity index (χ1n) is 9.52. The zero-order valence-corrected chi connectivity index (χ0v) is 15.9. The Hall–Kier alpha value is -1.92. The minimum absolute atomic E-state index is 0.00783. The van der Waals surface area contributed by atoms with E-state index in [1.54, 1.807) is 0 Å². The molecule has 1 atom stereocenters. The predicted octanol–water partition coefficient (Wildman–Crippen LogP) is 1.11. The second-order valence-corrected chi connectivity index (χ2v) is 7.50. The van der Waals surface area contributed by atoms with Gasteiger partial charge in [-0.2, -0.15) is 0 Å². The Balaban J connectivity index is 1.60. The van der Waals surface area contributed by atoms with Gasteiger partial charge in [0.15, 0.2) is 0 Å². The van der Waals surface area contributed by atoms with Crippen molar-refractivity contribution in [1.82, 2.24) is 15.5 Å². The molecule has 1 aromatic carbocycles. The number of hydrogen-bond acceptors (Lipinski definition) is 4. The summed E-state index contributed by atoms with van der Waals surface area (Å²) in [5, 5.41) is 5.53. The van der Waals surface area contributed by atoms with Crippen molar-refractivity contribution >= 4 is 11.8 Å². The first-order valence-corrected chi connectivity index (χ1v) is 9.52. The lowest BCUT2D eigenvalue weighted by molar-refractivity contribution is -0.127. The molecule has 4 N–H and O–H groups in total. The molecule has 1 heterocycles. The summed E-state index contributed by atoms with van der Waals surface area (Å²) >= 11 is 0. The molecule has 144 valence electrons. The second-order valence-electron chi connectivity index (χ2n) is 7.50. The fourth-order valence-electron chi connectivity index (χ4n) is 3.10. The largest absolute Gasteiger partial charge is 0.354 e. The third-order valence-corrected chi connectivity index (χ3v) is 4.99. The summed E-state index contributed by atoms with van der Waals surface area (Å²) in [5.74, 6) is 0.129. The maximum atomic E-state index is 11.9. The lowest BCUT2D eigenvalue weighted by atomic mass is 9.96. The monoisotopic (exact) mass is 360 g/mol. The number of nitrogens with zero attached hydrogens (tertiary/aromatic N) is 1. The lowest BCUT2D eigenvalue weighted by Crippen LogP contribution is -2.47. The van der Waals surface area contributed by atoms with E-state index < -0.39 is 6.04 Å². The summed E-state index contributed by atoms with van der Waals surface area (Å²) < 4.78 is 0. The van der Waals surface area contributed by atoms with Gasteiger partial charge in [-0.25, -0.2) is 0 Å². The Morgan fingerprint density at radius 2 is 1.81 bits per heavy atom. The summed E-state index contributed by atoms with van der Waals surface area (Å²) in [6.07, 6.45) is 2.16. The molecular weight excluding hydrogens is 328 g/mol.